The summed E-state index contributed by atoms with van der Waals surface area (Å²) in [5.41, 5.74) is 0.351. The zero-order valence-electron chi connectivity index (χ0n) is 13.2. The van der Waals surface area contributed by atoms with Crippen molar-refractivity contribution in [2.75, 3.05) is 11.1 Å². The van der Waals surface area contributed by atoms with E-state index in [0.29, 0.717) is 21.1 Å². The molecule has 0 saturated carbocycles. The van der Waals surface area contributed by atoms with Crippen molar-refractivity contribution in [2.24, 2.45) is 5.92 Å². The van der Waals surface area contributed by atoms with Crippen LogP contribution in [0.2, 0.25) is 0 Å². The quantitative estimate of drug-likeness (QED) is 0.743. The van der Waals surface area contributed by atoms with E-state index < -0.39 is 0 Å². The molecular formula is C15H19FN4OS2. The summed E-state index contributed by atoms with van der Waals surface area (Å²) in [6.07, 6.45) is 0. The second-order valence-corrected chi connectivity index (χ2v) is 7.57. The molecule has 1 aromatic carbocycles. The molecule has 0 bridgehead atoms. The molecule has 2 N–H and O–H groups in total. The molecule has 0 aliphatic carbocycles. The van der Waals surface area contributed by atoms with E-state index in [1.165, 1.54) is 29.2 Å². The molecule has 23 heavy (non-hydrogen) atoms. The molecule has 1 atom stereocenters. The third-order valence-electron chi connectivity index (χ3n) is 3.24. The average molecular weight is 354 g/mol. The third-order valence-corrected chi connectivity index (χ3v) is 5.21. The highest BCUT2D eigenvalue weighted by Gasteiger charge is 2.13. The van der Waals surface area contributed by atoms with Crippen molar-refractivity contribution in [2.45, 2.75) is 31.2 Å². The van der Waals surface area contributed by atoms with Crippen LogP contribution in [-0.4, -0.2) is 27.9 Å². The summed E-state index contributed by atoms with van der Waals surface area (Å²) in [4.78, 5) is 11.8. The number of aromatic nitrogens is 2. The number of hydrogen-bond acceptors (Lipinski definition) is 6. The monoisotopic (exact) mass is 354 g/mol. The average Bonchev–Trinajstić information content (AvgIpc) is 2.95. The highest BCUT2D eigenvalue weighted by atomic mass is 32.2. The SMILES string of the molecule is CC(C)C(C)NC(=O)CSc1nnc(Nc2ccccc2F)s1. The molecule has 1 heterocycles. The molecule has 1 amide bonds. The fourth-order valence-electron chi connectivity index (χ4n) is 1.59. The lowest BCUT2D eigenvalue weighted by Crippen LogP contribution is -2.37. The molecule has 1 unspecified atom stereocenters. The molecule has 0 radical (unpaired) electrons. The maximum absolute atomic E-state index is 13.6. The van der Waals surface area contributed by atoms with Gasteiger partial charge in [-0.05, 0) is 25.0 Å². The summed E-state index contributed by atoms with van der Waals surface area (Å²) < 4.78 is 14.2. The van der Waals surface area contributed by atoms with Crippen LogP contribution < -0.4 is 10.6 Å². The summed E-state index contributed by atoms with van der Waals surface area (Å²) in [6.45, 7) is 6.10. The Morgan fingerprint density at radius 3 is 2.74 bits per heavy atom. The maximum Gasteiger partial charge on any atom is 0.230 e. The number of anilines is 2. The molecule has 0 aliphatic heterocycles. The number of para-hydroxylation sites is 1. The predicted molar refractivity (Wildman–Crippen MR) is 92.8 cm³/mol. The number of nitrogens with zero attached hydrogens (tertiary/aromatic N) is 2. The Bertz CT molecular complexity index is 662. The van der Waals surface area contributed by atoms with Crippen LogP contribution in [0.15, 0.2) is 28.6 Å². The topological polar surface area (TPSA) is 66.9 Å². The van der Waals surface area contributed by atoms with Crippen LogP contribution in [-0.2, 0) is 4.79 Å². The van der Waals surface area contributed by atoms with E-state index >= 15 is 0 Å². The number of carbonyl (C=O) groups is 1. The lowest BCUT2D eigenvalue weighted by Gasteiger charge is -2.16. The van der Waals surface area contributed by atoms with Crippen LogP contribution in [0.3, 0.4) is 0 Å². The Morgan fingerprint density at radius 2 is 2.04 bits per heavy atom. The molecule has 5 nitrogen and oxygen atoms in total. The van der Waals surface area contributed by atoms with E-state index in [2.05, 4.69) is 34.7 Å². The fraction of sp³-hybridized carbons (Fsp3) is 0.400. The van der Waals surface area contributed by atoms with Crippen LogP contribution in [0.5, 0.6) is 0 Å². The second-order valence-electron chi connectivity index (χ2n) is 5.37. The number of thioether (sulfide) groups is 1. The molecule has 0 fully saturated rings. The number of amides is 1. The smallest absolute Gasteiger partial charge is 0.230 e. The molecule has 0 aliphatic rings. The minimum atomic E-state index is -0.348. The predicted octanol–water partition coefficient (Wildman–Crippen LogP) is 3.67. The van der Waals surface area contributed by atoms with Gasteiger partial charge in [0.1, 0.15) is 5.82 Å². The van der Waals surface area contributed by atoms with Crippen molar-refractivity contribution in [1.82, 2.24) is 15.5 Å². The van der Waals surface area contributed by atoms with E-state index in [4.69, 9.17) is 0 Å². The van der Waals surface area contributed by atoms with Gasteiger partial charge >= 0.3 is 0 Å². The Morgan fingerprint density at radius 1 is 1.30 bits per heavy atom. The van der Waals surface area contributed by atoms with Crippen molar-refractivity contribution in [3.63, 3.8) is 0 Å². The first-order chi connectivity index (χ1) is 11.0. The van der Waals surface area contributed by atoms with Crippen LogP contribution in [0.1, 0.15) is 20.8 Å². The maximum atomic E-state index is 13.6. The first kappa shape index (κ1) is 17.7. The molecule has 2 aromatic rings. The summed E-state index contributed by atoms with van der Waals surface area (Å²) in [5.74, 6) is 0.293. The van der Waals surface area contributed by atoms with Gasteiger partial charge in [-0.1, -0.05) is 49.1 Å². The van der Waals surface area contributed by atoms with Crippen molar-refractivity contribution >= 4 is 39.8 Å². The molecule has 1 aromatic heterocycles. The van der Waals surface area contributed by atoms with Crippen LogP contribution in [0, 0.1) is 11.7 Å². The molecule has 2 rings (SSSR count). The van der Waals surface area contributed by atoms with Gasteiger partial charge < -0.3 is 10.6 Å². The summed E-state index contributed by atoms with van der Waals surface area (Å²) >= 11 is 2.60. The normalized spacial score (nSPS) is 12.2. The molecule has 8 heteroatoms. The summed E-state index contributed by atoms with van der Waals surface area (Å²) in [7, 11) is 0. The van der Waals surface area contributed by atoms with Gasteiger partial charge in [0, 0.05) is 6.04 Å². The van der Waals surface area contributed by atoms with Crippen LogP contribution in [0.4, 0.5) is 15.2 Å². The van der Waals surface area contributed by atoms with Crippen molar-refractivity contribution in [3.05, 3.63) is 30.1 Å². The van der Waals surface area contributed by atoms with Crippen LogP contribution >= 0.6 is 23.1 Å². The van der Waals surface area contributed by atoms with Gasteiger partial charge in [-0.25, -0.2) is 4.39 Å². The van der Waals surface area contributed by atoms with Gasteiger partial charge in [0.15, 0.2) is 4.34 Å². The highest BCUT2D eigenvalue weighted by molar-refractivity contribution is 8.01. The summed E-state index contributed by atoms with van der Waals surface area (Å²) in [6, 6.07) is 6.50. The zero-order chi connectivity index (χ0) is 16.8. The Kier molecular flexibility index (Phi) is 6.35. The van der Waals surface area contributed by atoms with Crippen molar-refractivity contribution in [3.8, 4) is 0 Å². The third kappa shape index (κ3) is 5.47. The minimum absolute atomic E-state index is 0.0324. The summed E-state index contributed by atoms with van der Waals surface area (Å²) in [5, 5.41) is 14.3. The highest BCUT2D eigenvalue weighted by Crippen LogP contribution is 2.28. The van der Waals surface area contributed by atoms with Gasteiger partial charge in [0.05, 0.1) is 11.4 Å². The molecule has 0 saturated heterocycles. The number of carbonyl (C=O) groups excluding carboxylic acids is 1. The van der Waals surface area contributed by atoms with Gasteiger partial charge in [-0.15, -0.1) is 10.2 Å². The fourth-order valence-corrected chi connectivity index (χ4v) is 3.16. The standard InChI is InChI=1S/C15H19FN4OS2/c1-9(2)10(3)17-13(21)8-22-15-20-19-14(23-15)18-12-7-5-4-6-11(12)16/h4-7,9-10H,8H2,1-3H3,(H,17,21)(H,18,19). The van der Waals surface area contributed by atoms with Crippen molar-refractivity contribution < 1.29 is 9.18 Å². The van der Waals surface area contributed by atoms with Crippen LogP contribution in [0.25, 0.3) is 0 Å². The van der Waals surface area contributed by atoms with Gasteiger partial charge in [-0.2, -0.15) is 0 Å². The lowest BCUT2D eigenvalue weighted by atomic mass is 10.1. The number of halogens is 1. The van der Waals surface area contributed by atoms with Gasteiger partial charge in [0.2, 0.25) is 11.0 Å². The second kappa shape index (κ2) is 8.26. The van der Waals surface area contributed by atoms with E-state index in [-0.39, 0.29) is 23.5 Å². The Balaban J connectivity index is 1.85. The Hall–Kier alpha value is -1.67. The number of hydrogen-bond donors (Lipinski definition) is 2. The first-order valence-electron chi connectivity index (χ1n) is 7.23. The molecular weight excluding hydrogens is 335 g/mol. The lowest BCUT2D eigenvalue weighted by molar-refractivity contribution is -0.119. The molecule has 124 valence electrons. The zero-order valence-corrected chi connectivity index (χ0v) is 14.8. The number of benzene rings is 1. The van der Waals surface area contributed by atoms with Gasteiger partial charge in [-0.3, -0.25) is 4.79 Å². The number of nitrogens with one attached hydrogen (secondary N) is 2. The molecule has 0 spiro atoms. The van der Waals surface area contributed by atoms with E-state index in [1.807, 2.05) is 6.92 Å². The van der Waals surface area contributed by atoms with E-state index in [9.17, 15) is 9.18 Å². The van der Waals surface area contributed by atoms with E-state index in [1.54, 1.807) is 18.2 Å². The van der Waals surface area contributed by atoms with Crippen molar-refractivity contribution in [1.29, 1.82) is 0 Å². The Labute approximate surface area is 143 Å². The van der Waals surface area contributed by atoms with E-state index in [0.717, 1.165) is 0 Å². The van der Waals surface area contributed by atoms with Gasteiger partial charge in [0.25, 0.3) is 0 Å². The first-order valence-corrected chi connectivity index (χ1v) is 9.03. The minimum Gasteiger partial charge on any atom is -0.353 e. The number of rotatable bonds is 7. The largest absolute Gasteiger partial charge is 0.353 e.